The first kappa shape index (κ1) is 32.8. The second kappa shape index (κ2) is 15.6. The molecule has 3 aromatic rings. The highest BCUT2D eigenvalue weighted by Crippen LogP contribution is 2.44. The number of aliphatic hydroxyl groups excluding tert-OH is 2. The summed E-state index contributed by atoms with van der Waals surface area (Å²) >= 11 is 1.33. The number of methoxy groups -OCH3 is 2. The van der Waals surface area contributed by atoms with E-state index in [2.05, 4.69) is 17.4 Å². The smallest absolute Gasteiger partial charge is 0.407 e. The molecule has 0 bridgehead atoms. The molecule has 240 valence electrons. The van der Waals surface area contributed by atoms with Crippen molar-refractivity contribution >= 4 is 23.8 Å². The topological polar surface area (TPSA) is 133 Å². The number of ether oxygens (including phenoxy) is 5. The van der Waals surface area contributed by atoms with Crippen molar-refractivity contribution in [3.8, 4) is 16.9 Å². The monoisotopic (exact) mass is 637 g/mol. The summed E-state index contributed by atoms with van der Waals surface area (Å²) in [4.78, 5) is 24.9. The molecule has 0 saturated carbocycles. The number of benzene rings is 3. The number of aliphatic hydroxyl groups is 2. The van der Waals surface area contributed by atoms with Gasteiger partial charge in [0.15, 0.2) is 0 Å². The van der Waals surface area contributed by atoms with Crippen molar-refractivity contribution in [3.05, 3.63) is 89.5 Å². The Balaban J connectivity index is 1.27. The molecule has 1 aliphatic heterocycles. The fraction of sp³-hybridized carbons (Fsp3) is 0.412. The minimum absolute atomic E-state index is 0.108. The Morgan fingerprint density at radius 3 is 2.24 bits per heavy atom. The molecule has 10 nitrogen and oxygen atoms in total. The van der Waals surface area contributed by atoms with Gasteiger partial charge in [0.1, 0.15) is 36.1 Å². The summed E-state index contributed by atoms with van der Waals surface area (Å²) in [5.74, 6) is 0.741. The number of rotatable bonds is 13. The zero-order chi connectivity index (χ0) is 31.8. The molecule has 45 heavy (non-hydrogen) atoms. The predicted molar refractivity (Wildman–Crippen MR) is 169 cm³/mol. The lowest BCUT2D eigenvalue weighted by atomic mass is 9.97. The van der Waals surface area contributed by atoms with Crippen LogP contribution in [-0.2, 0) is 30.3 Å². The van der Waals surface area contributed by atoms with Crippen LogP contribution in [0.2, 0.25) is 0 Å². The summed E-state index contributed by atoms with van der Waals surface area (Å²) in [6, 6.07) is 22.5. The van der Waals surface area contributed by atoms with E-state index in [9.17, 15) is 19.8 Å². The molecule has 2 aliphatic rings. The summed E-state index contributed by atoms with van der Waals surface area (Å²) in [6.45, 7) is -0.154. The molecule has 1 fully saturated rings. The molecule has 3 aromatic carbocycles. The largest absolute Gasteiger partial charge is 0.497 e. The first-order chi connectivity index (χ1) is 21.9. The lowest BCUT2D eigenvalue weighted by Gasteiger charge is -2.44. The Labute approximate surface area is 267 Å². The van der Waals surface area contributed by atoms with Gasteiger partial charge in [-0.3, -0.25) is 4.79 Å². The molecule has 3 N–H and O–H groups in total. The van der Waals surface area contributed by atoms with Gasteiger partial charge in [0.25, 0.3) is 0 Å². The van der Waals surface area contributed by atoms with E-state index >= 15 is 0 Å². The quantitative estimate of drug-likeness (QED) is 0.185. The molecule has 1 aliphatic carbocycles. The van der Waals surface area contributed by atoms with Crippen LogP contribution >= 0.6 is 11.8 Å². The minimum Gasteiger partial charge on any atom is -0.497 e. The molecule has 1 amide bonds. The first-order valence-electron chi connectivity index (χ1n) is 14.9. The van der Waals surface area contributed by atoms with Crippen molar-refractivity contribution in [1.82, 2.24) is 5.32 Å². The summed E-state index contributed by atoms with van der Waals surface area (Å²) in [6.07, 6.45) is -3.00. The number of alkyl carbamates (subject to hydrolysis) is 1. The van der Waals surface area contributed by atoms with Gasteiger partial charge in [-0.1, -0.05) is 60.7 Å². The second-order valence-corrected chi connectivity index (χ2v) is 12.1. The minimum atomic E-state index is -1.23. The molecular formula is C34H39NO9S. The van der Waals surface area contributed by atoms with Crippen LogP contribution in [0.4, 0.5) is 4.79 Å². The maximum absolute atomic E-state index is 13.3. The molecule has 1 saturated heterocycles. The standard InChI is InChI=1S/C34H39NO9S/c1-40-22-15-13-21(14-16-22)19-42-32-28(18-36)44-33(45-17-7-12-29(37)41-2)30(31(32)38)35-34(39)43-20-27-25-10-5-3-8-23(25)24-9-4-6-11-26(24)27/h3-6,8-11,13-16,27-28,30-33,36,38H,7,12,17-20H2,1-2H3,(H,35,39)/t28-,30+,31+,32-,33+/m1/s1. The van der Waals surface area contributed by atoms with Crippen LogP contribution in [0.15, 0.2) is 72.8 Å². The molecule has 0 spiro atoms. The number of nitrogens with one attached hydrogen (secondary N) is 1. The first-order valence-corrected chi connectivity index (χ1v) is 16.0. The van der Waals surface area contributed by atoms with Crippen LogP contribution in [0, 0.1) is 0 Å². The normalized spacial score (nSPS) is 22.3. The van der Waals surface area contributed by atoms with Gasteiger partial charge in [-0.05, 0) is 52.1 Å². The fourth-order valence-electron chi connectivity index (χ4n) is 5.78. The fourth-order valence-corrected chi connectivity index (χ4v) is 6.98. The molecule has 1 heterocycles. The van der Waals surface area contributed by atoms with Gasteiger partial charge in [0, 0.05) is 12.3 Å². The summed E-state index contributed by atoms with van der Waals surface area (Å²) in [7, 11) is 2.92. The van der Waals surface area contributed by atoms with Crippen molar-refractivity contribution in [2.75, 3.05) is 33.2 Å². The van der Waals surface area contributed by atoms with E-state index < -0.39 is 42.5 Å². The van der Waals surface area contributed by atoms with E-state index in [1.807, 2.05) is 48.5 Å². The van der Waals surface area contributed by atoms with Crippen molar-refractivity contribution in [1.29, 1.82) is 0 Å². The average molecular weight is 638 g/mol. The van der Waals surface area contributed by atoms with Gasteiger partial charge in [0.2, 0.25) is 0 Å². The Morgan fingerprint density at radius 1 is 0.956 bits per heavy atom. The number of amides is 1. The number of carbonyl (C=O) groups is 2. The number of hydrogen-bond donors (Lipinski definition) is 3. The van der Waals surface area contributed by atoms with E-state index in [1.165, 1.54) is 18.9 Å². The molecule has 0 radical (unpaired) electrons. The zero-order valence-electron chi connectivity index (χ0n) is 25.3. The Bertz CT molecular complexity index is 1390. The maximum Gasteiger partial charge on any atom is 0.407 e. The van der Waals surface area contributed by atoms with E-state index in [1.54, 1.807) is 19.2 Å². The lowest BCUT2D eigenvalue weighted by molar-refractivity contribution is -0.193. The van der Waals surface area contributed by atoms with E-state index in [0.717, 1.165) is 27.8 Å². The van der Waals surface area contributed by atoms with Crippen LogP contribution in [0.5, 0.6) is 5.75 Å². The van der Waals surface area contributed by atoms with Crippen LogP contribution in [0.3, 0.4) is 0 Å². The Kier molecular flexibility index (Phi) is 11.4. The summed E-state index contributed by atoms with van der Waals surface area (Å²) in [5, 5.41) is 24.5. The Hall–Kier alpha value is -3.61. The third-order valence-electron chi connectivity index (χ3n) is 8.12. The molecular weight excluding hydrogens is 598 g/mol. The third kappa shape index (κ3) is 7.79. The number of fused-ring (bicyclic) bond motifs is 3. The van der Waals surface area contributed by atoms with Gasteiger partial charge in [-0.15, -0.1) is 11.8 Å². The van der Waals surface area contributed by atoms with Crippen molar-refractivity contribution in [3.63, 3.8) is 0 Å². The van der Waals surface area contributed by atoms with Crippen LogP contribution in [-0.4, -0.2) is 85.3 Å². The van der Waals surface area contributed by atoms with Crippen molar-refractivity contribution in [2.24, 2.45) is 0 Å². The molecule has 11 heteroatoms. The summed E-state index contributed by atoms with van der Waals surface area (Å²) < 4.78 is 27.9. The van der Waals surface area contributed by atoms with Crippen LogP contribution in [0.25, 0.3) is 11.1 Å². The van der Waals surface area contributed by atoms with Crippen LogP contribution in [0.1, 0.15) is 35.4 Å². The number of thioether (sulfide) groups is 1. The predicted octanol–water partition coefficient (Wildman–Crippen LogP) is 4.25. The van der Waals surface area contributed by atoms with Gasteiger partial charge in [-0.25, -0.2) is 4.79 Å². The maximum atomic E-state index is 13.3. The number of carbonyl (C=O) groups excluding carboxylic acids is 2. The van der Waals surface area contributed by atoms with E-state index in [-0.39, 0.29) is 31.5 Å². The molecule has 0 aromatic heterocycles. The van der Waals surface area contributed by atoms with Gasteiger partial charge in [0.05, 0.1) is 33.5 Å². The third-order valence-corrected chi connectivity index (χ3v) is 9.38. The second-order valence-electron chi connectivity index (χ2n) is 10.9. The Morgan fingerprint density at radius 2 is 1.62 bits per heavy atom. The van der Waals surface area contributed by atoms with E-state index in [4.69, 9.17) is 23.7 Å². The van der Waals surface area contributed by atoms with Gasteiger partial charge < -0.3 is 39.2 Å². The van der Waals surface area contributed by atoms with Crippen molar-refractivity contribution in [2.45, 2.75) is 55.2 Å². The van der Waals surface area contributed by atoms with Gasteiger partial charge >= 0.3 is 12.1 Å². The highest BCUT2D eigenvalue weighted by Gasteiger charge is 2.47. The highest BCUT2D eigenvalue weighted by molar-refractivity contribution is 7.99. The zero-order valence-corrected chi connectivity index (χ0v) is 26.1. The van der Waals surface area contributed by atoms with Gasteiger partial charge in [-0.2, -0.15) is 0 Å². The number of esters is 1. The van der Waals surface area contributed by atoms with Crippen LogP contribution < -0.4 is 10.1 Å². The number of hydrogen-bond acceptors (Lipinski definition) is 10. The molecule has 5 atom stereocenters. The molecule has 0 unspecified atom stereocenters. The molecule has 5 rings (SSSR count). The highest BCUT2D eigenvalue weighted by atomic mass is 32.2. The average Bonchev–Trinajstić information content (AvgIpc) is 3.40. The summed E-state index contributed by atoms with van der Waals surface area (Å²) in [5.41, 5.74) is 4.51. The van der Waals surface area contributed by atoms with Crippen molar-refractivity contribution < 1.29 is 43.5 Å². The van der Waals surface area contributed by atoms with E-state index in [0.29, 0.717) is 17.9 Å². The SMILES string of the molecule is COC(=O)CCCS[C@@H]1O[C@H](CO)[C@@H](OCc2ccc(OC)cc2)[C@@H](O)[C@@H]1NC(=O)OCC1c2ccccc2-c2ccccc21. The lowest BCUT2D eigenvalue weighted by Crippen LogP contribution is -2.64.